The van der Waals surface area contributed by atoms with Gasteiger partial charge in [0.15, 0.2) is 6.10 Å². The van der Waals surface area contributed by atoms with Crippen molar-refractivity contribution in [3.63, 3.8) is 0 Å². The van der Waals surface area contributed by atoms with Crippen LogP contribution < -0.4 is 4.89 Å². The highest BCUT2D eigenvalue weighted by Crippen LogP contribution is 2.38. The third-order valence-corrected chi connectivity index (χ3v) is 16.0. The van der Waals surface area contributed by atoms with Gasteiger partial charge in [0.1, 0.15) is 19.8 Å². The molecule has 0 bridgehead atoms. The van der Waals surface area contributed by atoms with Crippen LogP contribution in [0.25, 0.3) is 0 Å². The van der Waals surface area contributed by atoms with Crippen LogP contribution >= 0.6 is 7.82 Å². The first-order chi connectivity index (χ1) is 44.0. The first-order valence-corrected chi connectivity index (χ1v) is 37.7. The molecule has 0 saturated heterocycles. The maximum absolute atomic E-state index is 12.9. The van der Waals surface area contributed by atoms with E-state index in [1.165, 1.54) is 103 Å². The first kappa shape index (κ1) is 85.6. The molecule has 0 aromatic heterocycles. The minimum absolute atomic E-state index is 0.0395. The van der Waals surface area contributed by atoms with E-state index in [1.54, 1.807) is 0 Å². The van der Waals surface area contributed by atoms with E-state index in [1.807, 2.05) is 21.1 Å². The van der Waals surface area contributed by atoms with E-state index in [4.69, 9.17) is 18.5 Å². The second kappa shape index (κ2) is 69.0. The zero-order valence-corrected chi connectivity index (χ0v) is 59.2. The number of esters is 2. The van der Waals surface area contributed by atoms with Crippen LogP contribution in [-0.2, 0) is 32.7 Å². The van der Waals surface area contributed by atoms with Gasteiger partial charge < -0.3 is 27.9 Å². The Morgan fingerprint density at radius 2 is 0.600 bits per heavy atom. The van der Waals surface area contributed by atoms with E-state index in [2.05, 4.69) is 172 Å². The lowest BCUT2D eigenvalue weighted by atomic mass is 10.0. The second-order valence-electron chi connectivity index (χ2n) is 24.8. The zero-order chi connectivity index (χ0) is 65.5. The lowest BCUT2D eigenvalue weighted by Gasteiger charge is -2.28. The fourth-order valence-corrected chi connectivity index (χ4v) is 10.3. The lowest BCUT2D eigenvalue weighted by molar-refractivity contribution is -0.870. The molecule has 90 heavy (non-hydrogen) atoms. The highest BCUT2D eigenvalue weighted by molar-refractivity contribution is 7.45. The molecule has 0 aliphatic rings. The number of phosphoric acid groups is 1. The molecule has 512 valence electrons. The lowest BCUT2D eigenvalue weighted by Crippen LogP contribution is -2.37. The summed E-state index contributed by atoms with van der Waals surface area (Å²) in [6.07, 6.45) is 103. The monoisotopic (exact) mass is 1270 g/mol. The largest absolute Gasteiger partial charge is 0.756 e. The summed E-state index contributed by atoms with van der Waals surface area (Å²) < 4.78 is 34.3. The minimum Gasteiger partial charge on any atom is -0.756 e. The summed E-state index contributed by atoms with van der Waals surface area (Å²) in [6.45, 7) is 4.00. The third kappa shape index (κ3) is 72.7. The van der Waals surface area contributed by atoms with E-state index in [9.17, 15) is 19.0 Å². The van der Waals surface area contributed by atoms with Gasteiger partial charge in [-0.3, -0.25) is 14.2 Å². The number of hydrogen-bond acceptors (Lipinski definition) is 8. The van der Waals surface area contributed by atoms with Crippen molar-refractivity contribution < 1.29 is 42.1 Å². The predicted molar refractivity (Wildman–Crippen MR) is 387 cm³/mol. The topological polar surface area (TPSA) is 111 Å². The number of likely N-dealkylation sites (N-methyl/N-ethyl adjacent to an activating group) is 1. The van der Waals surface area contributed by atoms with Crippen LogP contribution in [-0.4, -0.2) is 70.0 Å². The number of rotatable bonds is 65. The molecule has 10 heteroatoms. The Kier molecular flexibility index (Phi) is 65.6. The summed E-state index contributed by atoms with van der Waals surface area (Å²) in [6, 6.07) is 0. The maximum Gasteiger partial charge on any atom is 0.306 e. The Balaban J connectivity index is 4.03. The van der Waals surface area contributed by atoms with Crippen molar-refractivity contribution >= 4 is 19.8 Å². The van der Waals surface area contributed by atoms with Gasteiger partial charge in [0.05, 0.1) is 27.7 Å². The first-order valence-electron chi connectivity index (χ1n) is 36.2. The Morgan fingerprint density at radius 1 is 0.344 bits per heavy atom. The number of ether oxygens (including phenoxy) is 2. The van der Waals surface area contributed by atoms with Gasteiger partial charge in [-0.25, -0.2) is 0 Å². The molecule has 2 unspecified atom stereocenters. The smallest absolute Gasteiger partial charge is 0.306 e. The van der Waals surface area contributed by atoms with Crippen molar-refractivity contribution in [3.05, 3.63) is 158 Å². The van der Waals surface area contributed by atoms with Crippen molar-refractivity contribution in [1.82, 2.24) is 0 Å². The summed E-state index contributed by atoms with van der Waals surface area (Å²) in [5.41, 5.74) is 0. The molecule has 2 atom stereocenters. The van der Waals surface area contributed by atoms with Crippen LogP contribution in [0.2, 0.25) is 0 Å². The Hall–Kier alpha value is -4.37. The highest BCUT2D eigenvalue weighted by atomic mass is 31.2. The fraction of sp³-hybridized carbons (Fsp3) is 0.650. The molecule has 0 N–H and O–H groups in total. The van der Waals surface area contributed by atoms with Gasteiger partial charge in [0.25, 0.3) is 7.82 Å². The minimum atomic E-state index is -4.66. The molecule has 9 nitrogen and oxygen atoms in total. The summed E-state index contributed by atoms with van der Waals surface area (Å²) in [5.74, 6) is -0.851. The van der Waals surface area contributed by atoms with Gasteiger partial charge in [-0.2, -0.15) is 0 Å². The van der Waals surface area contributed by atoms with Gasteiger partial charge in [-0.15, -0.1) is 0 Å². The van der Waals surface area contributed by atoms with Crippen LogP contribution in [0.1, 0.15) is 284 Å². The average Bonchev–Trinajstić information content (AvgIpc) is 3.62. The number of phosphoric ester groups is 1. The van der Waals surface area contributed by atoms with E-state index in [-0.39, 0.29) is 26.1 Å². The molecule has 0 amide bonds. The molecular formula is C80H134NO8P. The molecule has 0 spiro atoms. The summed E-state index contributed by atoms with van der Waals surface area (Å²) >= 11 is 0. The van der Waals surface area contributed by atoms with Crippen LogP contribution in [0, 0.1) is 0 Å². The summed E-state index contributed by atoms with van der Waals surface area (Å²) in [4.78, 5) is 38.1. The number of carbonyl (C=O) groups excluding carboxylic acids is 2. The summed E-state index contributed by atoms with van der Waals surface area (Å²) in [7, 11) is 1.15. The molecular weight excluding hydrogens is 1130 g/mol. The molecule has 0 aromatic rings. The molecule has 0 fully saturated rings. The molecule has 0 aliphatic heterocycles. The van der Waals surface area contributed by atoms with Crippen LogP contribution in [0.4, 0.5) is 0 Å². The predicted octanol–water partition coefficient (Wildman–Crippen LogP) is 23.3. The van der Waals surface area contributed by atoms with Crippen LogP contribution in [0.15, 0.2) is 158 Å². The quantitative estimate of drug-likeness (QED) is 0.0195. The van der Waals surface area contributed by atoms with E-state index in [0.29, 0.717) is 23.9 Å². The SMILES string of the molecule is CC/C=C\C/C=C\C/C=C\C/C=C\C/C=C\C/C=C\C/C=C\CCCCCCCCCCCCCCCCCCCCCC(=O)OC(COC(=O)CCCCCCCC/C=C\C/C=C\C/C=C\C/C=C\C/C=C\C/C=C\CC)COP(=O)([O-])OCC[N+](C)(C)C. The van der Waals surface area contributed by atoms with Crippen molar-refractivity contribution in [3.8, 4) is 0 Å². The Labute approximate surface area is 554 Å². The molecule has 0 saturated carbocycles. The molecule has 0 radical (unpaired) electrons. The Morgan fingerprint density at radius 3 is 0.889 bits per heavy atom. The molecule has 0 aliphatic carbocycles. The fourth-order valence-electron chi connectivity index (χ4n) is 9.58. The van der Waals surface area contributed by atoms with Crippen molar-refractivity contribution in [2.75, 3.05) is 47.5 Å². The molecule has 0 aromatic carbocycles. The normalized spacial score (nSPS) is 14.1. The molecule has 0 rings (SSSR count). The zero-order valence-electron chi connectivity index (χ0n) is 58.3. The highest BCUT2D eigenvalue weighted by Gasteiger charge is 2.22. The van der Waals surface area contributed by atoms with Crippen molar-refractivity contribution in [1.29, 1.82) is 0 Å². The van der Waals surface area contributed by atoms with Gasteiger partial charge in [-0.05, 0) is 122 Å². The van der Waals surface area contributed by atoms with E-state index >= 15 is 0 Å². The van der Waals surface area contributed by atoms with Gasteiger partial charge in [0, 0.05) is 12.8 Å². The van der Waals surface area contributed by atoms with Crippen LogP contribution in [0.3, 0.4) is 0 Å². The number of allylic oxidation sites excluding steroid dienone is 26. The molecule has 0 heterocycles. The Bertz CT molecular complexity index is 2080. The van der Waals surface area contributed by atoms with Gasteiger partial charge in [-0.1, -0.05) is 307 Å². The van der Waals surface area contributed by atoms with Gasteiger partial charge in [0.2, 0.25) is 0 Å². The number of hydrogen-bond donors (Lipinski definition) is 0. The number of quaternary nitrogens is 1. The third-order valence-electron chi connectivity index (χ3n) is 15.0. The number of nitrogens with zero attached hydrogens (tertiary/aromatic N) is 1. The standard InChI is InChI=1S/C80H134NO8P/c1-6-8-10-12-14-16-18-20-22-24-26-28-30-32-33-34-35-36-37-38-39-40-41-42-43-44-45-46-47-49-51-53-55-57-59-61-63-65-67-69-71-73-80(83)89-78(77-88-90(84,85)87-75-74-81(3,4)5)76-86-79(82)72-70-68-66-64-62-60-58-56-54-52-50-48-31-29-27-25-23-21-19-17-15-13-11-9-7-2/h8-11,14-17,20-23,26-29,32-33,35-36,38-39,48,50,54,56,78H,6-7,12-13,18-19,24-25,30-31,34,37,40-47,49,51-53,55,57-77H2,1-5H3/b10-8-,11-9-,16-14-,17-15-,22-20-,23-21-,28-26-,29-27-,33-32-,36-35-,39-38-,50-48-,56-54-. The van der Waals surface area contributed by atoms with Crippen LogP contribution in [0.5, 0.6) is 0 Å². The number of unbranched alkanes of at least 4 members (excludes halogenated alkanes) is 25. The van der Waals surface area contributed by atoms with Gasteiger partial charge >= 0.3 is 11.9 Å². The second-order valence-corrected chi connectivity index (χ2v) is 26.2. The van der Waals surface area contributed by atoms with Crippen molar-refractivity contribution in [2.45, 2.75) is 290 Å². The van der Waals surface area contributed by atoms with Crippen molar-refractivity contribution in [2.24, 2.45) is 0 Å². The summed E-state index contributed by atoms with van der Waals surface area (Å²) in [5, 5.41) is 0. The average molecular weight is 1270 g/mol. The maximum atomic E-state index is 12.9. The van der Waals surface area contributed by atoms with E-state index in [0.717, 1.165) is 141 Å². The number of carbonyl (C=O) groups is 2. The van der Waals surface area contributed by atoms with E-state index < -0.39 is 32.5 Å².